The average Bonchev–Trinajstić information content (AvgIpc) is 2.89. The van der Waals surface area contributed by atoms with E-state index in [1.165, 1.54) is 43.2 Å². The molecule has 0 saturated heterocycles. The van der Waals surface area contributed by atoms with E-state index in [1.54, 1.807) is 11.3 Å². The van der Waals surface area contributed by atoms with Gasteiger partial charge in [0.25, 0.3) is 0 Å². The first-order valence-corrected chi connectivity index (χ1v) is 9.11. The maximum Gasteiger partial charge on any atom is 0.226 e. The van der Waals surface area contributed by atoms with Gasteiger partial charge in [0.15, 0.2) is 5.13 Å². The Kier molecular flexibility index (Phi) is 4.77. The van der Waals surface area contributed by atoms with Gasteiger partial charge in [-0.05, 0) is 43.4 Å². The second-order valence-corrected chi connectivity index (χ2v) is 7.57. The molecule has 1 amide bonds. The lowest BCUT2D eigenvalue weighted by molar-refractivity contribution is -0.116. The van der Waals surface area contributed by atoms with Gasteiger partial charge in [0.2, 0.25) is 5.91 Å². The molecule has 1 aliphatic rings. The molecule has 3 nitrogen and oxygen atoms in total. The first kappa shape index (κ1) is 15.5. The van der Waals surface area contributed by atoms with Crippen molar-refractivity contribution in [2.24, 2.45) is 5.92 Å². The highest BCUT2D eigenvalue weighted by atomic mass is 32.1. The number of hydrogen-bond donors (Lipinski definition) is 1. The van der Waals surface area contributed by atoms with E-state index in [9.17, 15) is 4.79 Å². The zero-order chi connectivity index (χ0) is 15.5. The van der Waals surface area contributed by atoms with Crippen molar-refractivity contribution in [2.75, 3.05) is 5.32 Å². The smallest absolute Gasteiger partial charge is 0.226 e. The topological polar surface area (TPSA) is 42.0 Å². The number of aryl methyl sites for hydroxylation is 2. The van der Waals surface area contributed by atoms with E-state index in [0.717, 1.165) is 27.7 Å². The fraction of sp³-hybridized carbons (Fsp3) is 0.556. The Morgan fingerprint density at radius 3 is 2.82 bits per heavy atom. The van der Waals surface area contributed by atoms with Crippen molar-refractivity contribution in [1.29, 1.82) is 0 Å². The fourth-order valence-electron chi connectivity index (χ4n) is 3.42. The Balaban J connectivity index is 1.60. The number of nitrogens with zero attached hydrogens (tertiary/aromatic N) is 1. The molecule has 1 aromatic carbocycles. The molecule has 3 rings (SSSR count). The second kappa shape index (κ2) is 6.78. The number of benzene rings is 1. The summed E-state index contributed by atoms with van der Waals surface area (Å²) >= 11 is 1.57. The summed E-state index contributed by atoms with van der Waals surface area (Å²) in [4.78, 5) is 16.7. The molecule has 0 aliphatic heterocycles. The third-order valence-corrected chi connectivity index (χ3v) is 5.50. The Morgan fingerprint density at radius 2 is 2.05 bits per heavy atom. The first-order chi connectivity index (χ1) is 10.6. The van der Waals surface area contributed by atoms with Gasteiger partial charge >= 0.3 is 0 Å². The maximum absolute atomic E-state index is 12.1. The number of hydrogen-bond acceptors (Lipinski definition) is 3. The molecule has 22 heavy (non-hydrogen) atoms. The summed E-state index contributed by atoms with van der Waals surface area (Å²) < 4.78 is 1.15. The van der Waals surface area contributed by atoms with Crippen LogP contribution in [-0.2, 0) is 4.79 Å². The van der Waals surface area contributed by atoms with E-state index in [-0.39, 0.29) is 5.91 Å². The lowest BCUT2D eigenvalue weighted by Gasteiger charge is -2.20. The van der Waals surface area contributed by atoms with Gasteiger partial charge in [-0.15, -0.1) is 0 Å². The Labute approximate surface area is 136 Å². The van der Waals surface area contributed by atoms with Gasteiger partial charge in [-0.3, -0.25) is 4.79 Å². The van der Waals surface area contributed by atoms with Crippen LogP contribution in [0.4, 0.5) is 5.13 Å². The van der Waals surface area contributed by atoms with Crippen molar-refractivity contribution in [2.45, 2.75) is 58.8 Å². The standard InChI is InChI=1S/C18H24N2OS/c1-12-10-13(2)17-15(11-12)22-18(20-17)19-16(21)9-8-14-6-4-3-5-7-14/h10-11,14H,3-9H2,1-2H3,(H,19,20,21). The van der Waals surface area contributed by atoms with Crippen LogP contribution in [0, 0.1) is 19.8 Å². The average molecular weight is 316 g/mol. The summed E-state index contributed by atoms with van der Waals surface area (Å²) in [5.41, 5.74) is 3.43. The van der Waals surface area contributed by atoms with E-state index in [0.29, 0.717) is 6.42 Å². The molecule has 0 atom stereocenters. The summed E-state index contributed by atoms with van der Waals surface area (Å²) in [6.07, 6.45) is 8.28. The van der Waals surface area contributed by atoms with Crippen LogP contribution in [0.25, 0.3) is 10.2 Å². The molecule has 118 valence electrons. The van der Waals surface area contributed by atoms with Crippen molar-refractivity contribution >= 4 is 32.6 Å². The molecule has 1 saturated carbocycles. The van der Waals surface area contributed by atoms with Gasteiger partial charge in [0, 0.05) is 6.42 Å². The number of carbonyl (C=O) groups is 1. The molecule has 1 aromatic heterocycles. The number of fused-ring (bicyclic) bond motifs is 1. The van der Waals surface area contributed by atoms with Gasteiger partial charge in [-0.1, -0.05) is 49.5 Å². The Hall–Kier alpha value is -1.42. The lowest BCUT2D eigenvalue weighted by atomic mass is 9.86. The quantitative estimate of drug-likeness (QED) is 0.841. The highest BCUT2D eigenvalue weighted by molar-refractivity contribution is 7.22. The number of anilines is 1. The Bertz CT molecular complexity index is 671. The molecule has 0 unspecified atom stereocenters. The van der Waals surface area contributed by atoms with E-state index in [2.05, 4.69) is 36.3 Å². The van der Waals surface area contributed by atoms with Crippen LogP contribution >= 0.6 is 11.3 Å². The summed E-state index contributed by atoms with van der Waals surface area (Å²) in [5.74, 6) is 0.860. The number of thiazole rings is 1. The van der Waals surface area contributed by atoms with Gasteiger partial charge in [-0.25, -0.2) is 4.98 Å². The Morgan fingerprint density at radius 1 is 1.27 bits per heavy atom. The minimum absolute atomic E-state index is 0.110. The number of aromatic nitrogens is 1. The van der Waals surface area contributed by atoms with Crippen LogP contribution in [-0.4, -0.2) is 10.9 Å². The summed E-state index contributed by atoms with van der Waals surface area (Å²) in [5, 5.41) is 3.72. The van der Waals surface area contributed by atoms with Crippen LogP contribution in [0.2, 0.25) is 0 Å². The van der Waals surface area contributed by atoms with E-state index < -0.39 is 0 Å². The number of carbonyl (C=O) groups excluding carboxylic acids is 1. The van der Waals surface area contributed by atoms with Gasteiger partial charge in [0.05, 0.1) is 10.2 Å². The predicted molar refractivity (Wildman–Crippen MR) is 93.5 cm³/mol. The molecule has 1 heterocycles. The SMILES string of the molecule is Cc1cc(C)c2nc(NC(=O)CCC3CCCCC3)sc2c1. The molecule has 0 radical (unpaired) electrons. The molecule has 1 fully saturated rings. The second-order valence-electron chi connectivity index (χ2n) is 6.54. The molecule has 4 heteroatoms. The van der Waals surface area contributed by atoms with Crippen LogP contribution in [0.3, 0.4) is 0 Å². The third-order valence-electron chi connectivity index (χ3n) is 4.58. The van der Waals surface area contributed by atoms with Crippen LogP contribution in [0.1, 0.15) is 56.1 Å². The molecule has 1 N–H and O–H groups in total. The van der Waals surface area contributed by atoms with Crippen molar-refractivity contribution in [3.63, 3.8) is 0 Å². The third kappa shape index (κ3) is 3.67. The number of rotatable bonds is 4. The summed E-state index contributed by atoms with van der Waals surface area (Å²) in [7, 11) is 0. The fourth-order valence-corrected chi connectivity index (χ4v) is 4.48. The van der Waals surface area contributed by atoms with Crippen molar-refractivity contribution in [3.05, 3.63) is 23.3 Å². The molecule has 1 aliphatic carbocycles. The van der Waals surface area contributed by atoms with Gasteiger partial charge < -0.3 is 5.32 Å². The zero-order valence-corrected chi connectivity index (χ0v) is 14.3. The maximum atomic E-state index is 12.1. The van der Waals surface area contributed by atoms with Gasteiger partial charge in [0.1, 0.15) is 0 Å². The van der Waals surface area contributed by atoms with Crippen LogP contribution in [0.5, 0.6) is 0 Å². The van der Waals surface area contributed by atoms with Crippen LogP contribution < -0.4 is 5.32 Å². The van der Waals surface area contributed by atoms with E-state index in [1.807, 2.05) is 0 Å². The largest absolute Gasteiger partial charge is 0.302 e. The number of amides is 1. The van der Waals surface area contributed by atoms with Crippen molar-refractivity contribution in [3.8, 4) is 0 Å². The normalized spacial score (nSPS) is 16.1. The lowest BCUT2D eigenvalue weighted by Crippen LogP contribution is -2.14. The van der Waals surface area contributed by atoms with E-state index in [4.69, 9.17) is 0 Å². The summed E-state index contributed by atoms with van der Waals surface area (Å²) in [6, 6.07) is 4.27. The van der Waals surface area contributed by atoms with Crippen molar-refractivity contribution in [1.82, 2.24) is 4.98 Å². The van der Waals surface area contributed by atoms with E-state index >= 15 is 0 Å². The first-order valence-electron chi connectivity index (χ1n) is 8.29. The molecule has 2 aromatic rings. The highest BCUT2D eigenvalue weighted by Crippen LogP contribution is 2.30. The minimum atomic E-state index is 0.110. The van der Waals surface area contributed by atoms with Crippen molar-refractivity contribution < 1.29 is 4.79 Å². The van der Waals surface area contributed by atoms with Gasteiger partial charge in [-0.2, -0.15) is 0 Å². The monoisotopic (exact) mass is 316 g/mol. The molecular formula is C18H24N2OS. The molecule has 0 bridgehead atoms. The molecule has 0 spiro atoms. The van der Waals surface area contributed by atoms with Crippen LogP contribution in [0.15, 0.2) is 12.1 Å². The zero-order valence-electron chi connectivity index (χ0n) is 13.4. The highest BCUT2D eigenvalue weighted by Gasteiger charge is 2.16. The number of nitrogens with one attached hydrogen (secondary N) is 1. The predicted octanol–water partition coefficient (Wildman–Crippen LogP) is 5.21. The minimum Gasteiger partial charge on any atom is -0.302 e. The summed E-state index contributed by atoms with van der Waals surface area (Å²) in [6.45, 7) is 4.16. The molecular weight excluding hydrogens is 292 g/mol.